The average molecular weight is 265 g/mol. The Morgan fingerprint density at radius 2 is 1.89 bits per heavy atom. The number of carbonyl (C=O) groups is 2. The molecule has 1 atom stereocenters. The first kappa shape index (κ1) is 15.0. The van der Waals surface area contributed by atoms with E-state index in [9.17, 15) is 9.59 Å². The lowest BCUT2D eigenvalue weighted by Crippen LogP contribution is -2.39. The third-order valence-electron chi connectivity index (χ3n) is 2.43. The maximum atomic E-state index is 11.7. The summed E-state index contributed by atoms with van der Waals surface area (Å²) in [6.07, 6.45) is 0.114. The Labute approximate surface area is 112 Å². The largest absolute Gasteiger partial charge is 0.491 e. The Balaban J connectivity index is 2.71. The van der Waals surface area contributed by atoms with Crippen LogP contribution in [0.1, 0.15) is 26.3 Å². The van der Waals surface area contributed by atoms with Gasteiger partial charge in [-0.25, -0.2) is 0 Å². The van der Waals surface area contributed by atoms with Gasteiger partial charge >= 0.3 is 5.97 Å². The fraction of sp³-hybridized carbons (Fsp3) is 0.429. The summed E-state index contributed by atoms with van der Waals surface area (Å²) in [5.41, 5.74) is 0.742. The van der Waals surface area contributed by atoms with Gasteiger partial charge in [-0.2, -0.15) is 0 Å². The highest BCUT2D eigenvalue weighted by Gasteiger charge is 2.15. The van der Waals surface area contributed by atoms with E-state index in [4.69, 9.17) is 9.84 Å². The van der Waals surface area contributed by atoms with E-state index < -0.39 is 12.0 Å². The molecular weight excluding hydrogens is 246 g/mol. The van der Waals surface area contributed by atoms with Gasteiger partial charge in [0.15, 0.2) is 0 Å². The number of carboxylic acid groups (broad SMARTS) is 1. The second-order valence-electron chi connectivity index (χ2n) is 4.58. The molecule has 0 radical (unpaired) electrons. The van der Waals surface area contributed by atoms with Crippen LogP contribution in [0.2, 0.25) is 0 Å². The van der Waals surface area contributed by atoms with Gasteiger partial charge in [0.25, 0.3) is 0 Å². The number of rotatable bonds is 6. The van der Waals surface area contributed by atoms with Crippen LogP contribution in [0.15, 0.2) is 24.3 Å². The molecule has 1 aromatic carbocycles. The molecule has 1 aromatic rings. The molecule has 0 aliphatic carbocycles. The van der Waals surface area contributed by atoms with Crippen molar-refractivity contribution in [2.75, 3.05) is 0 Å². The molecule has 5 nitrogen and oxygen atoms in total. The van der Waals surface area contributed by atoms with E-state index in [2.05, 4.69) is 5.32 Å². The first-order valence-corrected chi connectivity index (χ1v) is 6.17. The minimum Gasteiger partial charge on any atom is -0.491 e. The lowest BCUT2D eigenvalue weighted by Gasteiger charge is -2.14. The molecule has 0 bridgehead atoms. The van der Waals surface area contributed by atoms with Crippen LogP contribution < -0.4 is 10.1 Å². The molecule has 1 amide bonds. The standard InChI is InChI=1S/C14H19NO4/c1-9(2)19-12-7-5-4-6-11(12)8-13(16)15-10(3)14(17)18/h4-7,9-10H,8H2,1-3H3,(H,15,16)(H,17,18)/t10-/m0/s1. The summed E-state index contributed by atoms with van der Waals surface area (Å²) < 4.78 is 5.60. The number of carboxylic acids is 1. The van der Waals surface area contributed by atoms with Crippen LogP contribution in [0.5, 0.6) is 5.75 Å². The number of ether oxygens (including phenoxy) is 1. The van der Waals surface area contributed by atoms with Crippen molar-refractivity contribution in [3.8, 4) is 5.75 Å². The first-order chi connectivity index (χ1) is 8.90. The molecule has 0 aliphatic rings. The Morgan fingerprint density at radius 3 is 2.47 bits per heavy atom. The van der Waals surface area contributed by atoms with E-state index in [1.165, 1.54) is 6.92 Å². The molecule has 0 unspecified atom stereocenters. The molecule has 0 spiro atoms. The summed E-state index contributed by atoms with van der Waals surface area (Å²) in [6.45, 7) is 5.24. The Morgan fingerprint density at radius 1 is 1.26 bits per heavy atom. The number of hydrogen-bond acceptors (Lipinski definition) is 3. The Bertz CT molecular complexity index is 457. The minimum absolute atomic E-state index is 0.0159. The van der Waals surface area contributed by atoms with Crippen molar-refractivity contribution in [2.24, 2.45) is 0 Å². The van der Waals surface area contributed by atoms with Gasteiger partial charge in [0.2, 0.25) is 5.91 Å². The summed E-state index contributed by atoms with van der Waals surface area (Å²) >= 11 is 0. The molecule has 0 saturated carbocycles. The van der Waals surface area contributed by atoms with Crippen molar-refractivity contribution in [3.05, 3.63) is 29.8 Å². The quantitative estimate of drug-likeness (QED) is 0.819. The van der Waals surface area contributed by atoms with Crippen LogP contribution in [-0.4, -0.2) is 29.1 Å². The van der Waals surface area contributed by atoms with Crippen molar-refractivity contribution in [1.29, 1.82) is 0 Å². The van der Waals surface area contributed by atoms with Gasteiger partial charge in [0.1, 0.15) is 11.8 Å². The van der Waals surface area contributed by atoms with Crippen molar-refractivity contribution >= 4 is 11.9 Å². The van der Waals surface area contributed by atoms with Gasteiger partial charge < -0.3 is 15.2 Å². The van der Waals surface area contributed by atoms with Crippen LogP contribution in [0.3, 0.4) is 0 Å². The van der Waals surface area contributed by atoms with Crippen LogP contribution in [0.4, 0.5) is 0 Å². The predicted octanol–water partition coefficient (Wildman–Crippen LogP) is 1.61. The van der Waals surface area contributed by atoms with Gasteiger partial charge in [-0.15, -0.1) is 0 Å². The van der Waals surface area contributed by atoms with Crippen LogP contribution >= 0.6 is 0 Å². The van der Waals surface area contributed by atoms with E-state index in [1.807, 2.05) is 26.0 Å². The maximum Gasteiger partial charge on any atom is 0.325 e. The molecule has 104 valence electrons. The number of benzene rings is 1. The lowest BCUT2D eigenvalue weighted by atomic mass is 10.1. The smallest absolute Gasteiger partial charge is 0.325 e. The predicted molar refractivity (Wildman–Crippen MR) is 71.2 cm³/mol. The minimum atomic E-state index is -1.06. The van der Waals surface area contributed by atoms with Gasteiger partial charge in [-0.05, 0) is 26.8 Å². The summed E-state index contributed by atoms with van der Waals surface area (Å²) in [5, 5.41) is 11.1. The summed E-state index contributed by atoms with van der Waals surface area (Å²) in [5.74, 6) is -0.745. The molecule has 0 fully saturated rings. The third-order valence-corrected chi connectivity index (χ3v) is 2.43. The molecule has 0 saturated heterocycles. The van der Waals surface area contributed by atoms with Gasteiger partial charge in [0, 0.05) is 5.56 Å². The average Bonchev–Trinajstić information content (AvgIpc) is 2.30. The van der Waals surface area contributed by atoms with E-state index in [1.54, 1.807) is 12.1 Å². The summed E-state index contributed by atoms with van der Waals surface area (Å²) in [6, 6.07) is 6.34. The van der Waals surface area contributed by atoms with E-state index in [0.29, 0.717) is 5.75 Å². The fourth-order valence-electron chi connectivity index (χ4n) is 1.55. The monoisotopic (exact) mass is 265 g/mol. The zero-order chi connectivity index (χ0) is 14.4. The second kappa shape index (κ2) is 6.78. The van der Waals surface area contributed by atoms with Crippen molar-refractivity contribution in [1.82, 2.24) is 5.32 Å². The summed E-state index contributed by atoms with van der Waals surface area (Å²) in [7, 11) is 0. The third kappa shape index (κ3) is 4.99. The SMILES string of the molecule is CC(C)Oc1ccccc1CC(=O)N[C@@H](C)C(=O)O. The summed E-state index contributed by atoms with van der Waals surface area (Å²) in [4.78, 5) is 22.4. The Kier molecular flexibility index (Phi) is 5.36. The molecule has 1 rings (SSSR count). The van der Waals surface area contributed by atoms with Crippen LogP contribution in [0.25, 0.3) is 0 Å². The first-order valence-electron chi connectivity index (χ1n) is 6.17. The lowest BCUT2D eigenvalue weighted by molar-refractivity contribution is -0.141. The highest BCUT2D eigenvalue weighted by Crippen LogP contribution is 2.19. The molecule has 0 heterocycles. The van der Waals surface area contributed by atoms with E-state index >= 15 is 0 Å². The zero-order valence-corrected chi connectivity index (χ0v) is 11.3. The maximum absolute atomic E-state index is 11.7. The van der Waals surface area contributed by atoms with Crippen molar-refractivity contribution in [2.45, 2.75) is 39.3 Å². The molecular formula is C14H19NO4. The normalized spacial score (nSPS) is 12.0. The number of hydrogen-bond donors (Lipinski definition) is 2. The highest BCUT2D eigenvalue weighted by molar-refractivity contribution is 5.84. The second-order valence-corrected chi connectivity index (χ2v) is 4.58. The number of nitrogens with one attached hydrogen (secondary N) is 1. The van der Waals surface area contributed by atoms with E-state index in [-0.39, 0.29) is 18.4 Å². The topological polar surface area (TPSA) is 75.6 Å². The van der Waals surface area contributed by atoms with Gasteiger partial charge in [-0.3, -0.25) is 9.59 Å². The van der Waals surface area contributed by atoms with Crippen molar-refractivity contribution < 1.29 is 19.4 Å². The molecule has 19 heavy (non-hydrogen) atoms. The van der Waals surface area contributed by atoms with Crippen LogP contribution in [-0.2, 0) is 16.0 Å². The number of aliphatic carboxylic acids is 1. The highest BCUT2D eigenvalue weighted by atomic mass is 16.5. The number of carbonyl (C=O) groups excluding carboxylic acids is 1. The molecule has 0 aromatic heterocycles. The number of amides is 1. The van der Waals surface area contributed by atoms with Crippen molar-refractivity contribution in [3.63, 3.8) is 0 Å². The van der Waals surface area contributed by atoms with Gasteiger partial charge in [0.05, 0.1) is 12.5 Å². The Hall–Kier alpha value is -2.04. The molecule has 2 N–H and O–H groups in total. The van der Waals surface area contributed by atoms with Crippen LogP contribution in [0, 0.1) is 0 Å². The fourth-order valence-corrected chi connectivity index (χ4v) is 1.55. The zero-order valence-electron chi connectivity index (χ0n) is 11.3. The van der Waals surface area contributed by atoms with Gasteiger partial charge in [-0.1, -0.05) is 18.2 Å². The molecule has 5 heteroatoms. The number of para-hydroxylation sites is 1. The molecule has 0 aliphatic heterocycles. The van der Waals surface area contributed by atoms with E-state index in [0.717, 1.165) is 5.56 Å².